The third-order valence-corrected chi connectivity index (χ3v) is 6.60. The van der Waals surface area contributed by atoms with Crippen LogP contribution in [-0.2, 0) is 26.2 Å². The minimum absolute atomic E-state index is 0.0735. The molecule has 0 unspecified atom stereocenters. The predicted octanol–water partition coefficient (Wildman–Crippen LogP) is 3.06. The molecule has 0 saturated carbocycles. The van der Waals surface area contributed by atoms with E-state index >= 15 is 0 Å². The Morgan fingerprint density at radius 3 is 2.36 bits per heavy atom. The zero-order valence-electron chi connectivity index (χ0n) is 19.2. The molecule has 8 nitrogen and oxygen atoms in total. The van der Waals surface area contributed by atoms with E-state index in [1.807, 2.05) is 12.1 Å². The molecule has 0 bridgehead atoms. The van der Waals surface area contributed by atoms with Crippen LogP contribution in [0.2, 0.25) is 5.02 Å². The van der Waals surface area contributed by atoms with Gasteiger partial charge in [-0.05, 0) is 49.2 Å². The molecule has 180 valence electrons. The number of anilines is 1. The highest BCUT2D eigenvalue weighted by Gasteiger charge is 2.26. The fourth-order valence-corrected chi connectivity index (χ4v) is 4.50. The maximum atomic E-state index is 13.1. The Kier molecular flexibility index (Phi) is 9.55. The second-order valence-electron chi connectivity index (χ2n) is 7.58. The number of hydrogen-bond acceptors (Lipinski definition) is 5. The minimum atomic E-state index is -3.57. The molecule has 0 radical (unpaired) electrons. The predicted molar refractivity (Wildman–Crippen MR) is 130 cm³/mol. The summed E-state index contributed by atoms with van der Waals surface area (Å²) in [5.41, 5.74) is 1.28. The first-order valence-electron chi connectivity index (χ1n) is 10.4. The Morgan fingerprint density at radius 2 is 1.82 bits per heavy atom. The molecule has 0 heterocycles. The molecule has 1 atom stereocenters. The number of nitrogens with one attached hydrogen (secondary N) is 1. The van der Waals surface area contributed by atoms with E-state index in [0.717, 1.165) is 11.8 Å². The number of rotatable bonds is 11. The molecule has 0 aliphatic heterocycles. The topological polar surface area (TPSA) is 96.0 Å². The largest absolute Gasteiger partial charge is 0.497 e. The molecular weight excluding hydrogens is 466 g/mol. The third-order valence-electron chi connectivity index (χ3n) is 5.17. The number of sulfonamides is 1. The first-order valence-corrected chi connectivity index (χ1v) is 12.7. The van der Waals surface area contributed by atoms with E-state index in [1.54, 1.807) is 50.4 Å². The first-order chi connectivity index (χ1) is 15.6. The van der Waals surface area contributed by atoms with Crippen molar-refractivity contribution in [1.82, 2.24) is 10.2 Å². The molecule has 0 aliphatic rings. The molecule has 1 N–H and O–H groups in total. The van der Waals surface area contributed by atoms with Gasteiger partial charge in [0.05, 0.1) is 19.1 Å². The maximum Gasteiger partial charge on any atom is 0.242 e. The van der Waals surface area contributed by atoms with Crippen molar-refractivity contribution in [3.8, 4) is 5.75 Å². The first kappa shape index (κ1) is 26.5. The highest BCUT2D eigenvalue weighted by molar-refractivity contribution is 7.92. The van der Waals surface area contributed by atoms with E-state index < -0.39 is 16.1 Å². The molecule has 2 aromatic rings. The van der Waals surface area contributed by atoms with Crippen molar-refractivity contribution in [2.45, 2.75) is 32.4 Å². The van der Waals surface area contributed by atoms with Crippen molar-refractivity contribution >= 4 is 39.1 Å². The number of likely N-dealkylation sites (N-methyl/N-ethyl adjacent to an activating group) is 1. The summed E-state index contributed by atoms with van der Waals surface area (Å²) in [6.07, 6.45) is 1.46. The number of methoxy groups -OCH3 is 1. The Labute approximate surface area is 200 Å². The number of nitrogens with zero attached hydrogens (tertiary/aromatic N) is 2. The number of carbonyl (C=O) groups is 2. The summed E-state index contributed by atoms with van der Waals surface area (Å²) in [7, 11) is -0.479. The Hall–Kier alpha value is -2.78. The van der Waals surface area contributed by atoms with Crippen LogP contribution in [0.4, 0.5) is 5.69 Å². The van der Waals surface area contributed by atoms with Gasteiger partial charge in [0.15, 0.2) is 0 Å². The Bertz CT molecular complexity index is 1060. The standard InChI is InChI=1S/C23H30ClN3O5S/c1-17(23(29)25-2)26(16-18-10-12-21(32-3)13-11-18)22(28)9-6-14-27(33(4,30)31)20-8-5-7-19(24)15-20/h5,7-8,10-13,15,17H,6,9,14,16H2,1-4H3,(H,25,29)/t17-/m1/s1. The number of ether oxygens (including phenoxy) is 1. The van der Waals surface area contributed by atoms with Gasteiger partial charge in [0, 0.05) is 31.6 Å². The van der Waals surface area contributed by atoms with Crippen LogP contribution in [0.1, 0.15) is 25.3 Å². The molecule has 2 amide bonds. The molecular formula is C23H30ClN3O5S. The van der Waals surface area contributed by atoms with Crippen LogP contribution >= 0.6 is 11.6 Å². The lowest BCUT2D eigenvalue weighted by molar-refractivity contribution is -0.140. The van der Waals surface area contributed by atoms with Crippen LogP contribution in [0.25, 0.3) is 0 Å². The van der Waals surface area contributed by atoms with E-state index in [1.165, 1.54) is 16.3 Å². The van der Waals surface area contributed by atoms with Gasteiger partial charge in [-0.1, -0.05) is 29.8 Å². The highest BCUT2D eigenvalue weighted by Crippen LogP contribution is 2.23. The average molecular weight is 496 g/mol. The van der Waals surface area contributed by atoms with E-state index in [4.69, 9.17) is 16.3 Å². The van der Waals surface area contributed by atoms with Crippen LogP contribution < -0.4 is 14.4 Å². The van der Waals surface area contributed by atoms with Crippen LogP contribution in [-0.4, -0.2) is 58.1 Å². The molecule has 33 heavy (non-hydrogen) atoms. The van der Waals surface area contributed by atoms with Crippen molar-refractivity contribution < 1.29 is 22.7 Å². The summed E-state index contributed by atoms with van der Waals surface area (Å²) in [4.78, 5) is 26.8. The van der Waals surface area contributed by atoms with Crippen molar-refractivity contribution in [3.05, 3.63) is 59.1 Å². The van der Waals surface area contributed by atoms with E-state index in [9.17, 15) is 18.0 Å². The van der Waals surface area contributed by atoms with Gasteiger partial charge >= 0.3 is 0 Å². The number of benzene rings is 2. The summed E-state index contributed by atoms with van der Waals surface area (Å²) in [5.74, 6) is 0.160. The van der Waals surface area contributed by atoms with Crippen LogP contribution in [0.5, 0.6) is 5.75 Å². The van der Waals surface area contributed by atoms with Crippen molar-refractivity contribution in [1.29, 1.82) is 0 Å². The number of hydrogen-bond donors (Lipinski definition) is 1. The van der Waals surface area contributed by atoms with Gasteiger partial charge in [0.25, 0.3) is 0 Å². The Morgan fingerprint density at radius 1 is 1.15 bits per heavy atom. The summed E-state index contributed by atoms with van der Waals surface area (Å²) in [5, 5.41) is 2.99. The van der Waals surface area contributed by atoms with Crippen LogP contribution in [0.3, 0.4) is 0 Å². The minimum Gasteiger partial charge on any atom is -0.497 e. The maximum absolute atomic E-state index is 13.1. The van der Waals surface area contributed by atoms with Crippen molar-refractivity contribution in [3.63, 3.8) is 0 Å². The van der Waals surface area contributed by atoms with Crippen molar-refractivity contribution in [2.24, 2.45) is 0 Å². The molecule has 10 heteroatoms. The second-order valence-corrected chi connectivity index (χ2v) is 9.92. The summed E-state index contributed by atoms with van der Waals surface area (Å²) in [6.45, 7) is 2.01. The highest BCUT2D eigenvalue weighted by atomic mass is 35.5. The van der Waals surface area contributed by atoms with Gasteiger partial charge in [-0.25, -0.2) is 8.42 Å². The average Bonchev–Trinajstić information content (AvgIpc) is 2.78. The lowest BCUT2D eigenvalue weighted by atomic mass is 10.1. The number of carbonyl (C=O) groups excluding carboxylic acids is 2. The zero-order valence-corrected chi connectivity index (χ0v) is 20.8. The van der Waals surface area contributed by atoms with E-state index in [-0.39, 0.29) is 37.7 Å². The van der Waals surface area contributed by atoms with Gasteiger partial charge in [0.1, 0.15) is 11.8 Å². The molecule has 0 spiro atoms. The SMILES string of the molecule is CNC(=O)[C@@H](C)N(Cc1ccc(OC)cc1)C(=O)CCCN(c1cccc(Cl)c1)S(C)(=O)=O. The van der Waals surface area contributed by atoms with Gasteiger partial charge in [0.2, 0.25) is 21.8 Å². The van der Waals surface area contributed by atoms with E-state index in [0.29, 0.717) is 16.5 Å². The second kappa shape index (κ2) is 11.9. The van der Waals surface area contributed by atoms with E-state index in [2.05, 4.69) is 5.32 Å². The summed E-state index contributed by atoms with van der Waals surface area (Å²) >= 11 is 6.01. The number of amides is 2. The van der Waals surface area contributed by atoms with Gasteiger partial charge in [-0.3, -0.25) is 13.9 Å². The normalized spacial score (nSPS) is 12.0. The fourth-order valence-electron chi connectivity index (χ4n) is 3.35. The van der Waals surface area contributed by atoms with Crippen LogP contribution in [0.15, 0.2) is 48.5 Å². The zero-order chi connectivity index (χ0) is 24.6. The molecule has 0 aliphatic carbocycles. The summed E-state index contributed by atoms with van der Waals surface area (Å²) < 4.78 is 31.0. The molecule has 0 aromatic heterocycles. The smallest absolute Gasteiger partial charge is 0.242 e. The van der Waals surface area contributed by atoms with Gasteiger partial charge in [-0.2, -0.15) is 0 Å². The lowest BCUT2D eigenvalue weighted by Gasteiger charge is -2.29. The molecule has 0 saturated heterocycles. The monoisotopic (exact) mass is 495 g/mol. The fraction of sp³-hybridized carbons (Fsp3) is 0.391. The quantitative estimate of drug-likeness (QED) is 0.517. The molecule has 2 aromatic carbocycles. The Balaban J connectivity index is 2.14. The van der Waals surface area contributed by atoms with Crippen molar-refractivity contribution in [2.75, 3.05) is 31.3 Å². The third kappa shape index (κ3) is 7.64. The lowest BCUT2D eigenvalue weighted by Crippen LogP contribution is -2.46. The number of halogens is 1. The molecule has 2 rings (SSSR count). The molecule has 0 fully saturated rings. The van der Waals surface area contributed by atoms with Crippen LogP contribution in [0, 0.1) is 0 Å². The van der Waals surface area contributed by atoms with Gasteiger partial charge < -0.3 is 15.0 Å². The van der Waals surface area contributed by atoms with Gasteiger partial charge in [-0.15, -0.1) is 0 Å². The summed E-state index contributed by atoms with van der Waals surface area (Å²) in [6, 6.07) is 13.1.